The molecule has 1 N–H and O–H groups in total. The van der Waals surface area contributed by atoms with Gasteiger partial charge in [0.1, 0.15) is 30.1 Å². The molecular formula is C27H24FN3O2. The summed E-state index contributed by atoms with van der Waals surface area (Å²) in [7, 11) is 0. The van der Waals surface area contributed by atoms with Crippen molar-refractivity contribution in [2.75, 3.05) is 18.5 Å². The lowest BCUT2D eigenvalue weighted by atomic mass is 10.1. The summed E-state index contributed by atoms with van der Waals surface area (Å²) in [5.41, 5.74) is 6.92. The molecule has 0 saturated carbocycles. The predicted octanol–water partition coefficient (Wildman–Crippen LogP) is 5.76. The van der Waals surface area contributed by atoms with Gasteiger partial charge in [0.25, 0.3) is 0 Å². The van der Waals surface area contributed by atoms with Crippen LogP contribution in [0.1, 0.15) is 41.5 Å². The van der Waals surface area contributed by atoms with Gasteiger partial charge in [-0.1, -0.05) is 18.2 Å². The molecule has 6 rings (SSSR count). The Balaban J connectivity index is 1.37. The zero-order valence-corrected chi connectivity index (χ0v) is 18.4. The number of nitrogens with one attached hydrogen (secondary N) is 1. The van der Waals surface area contributed by atoms with E-state index in [-0.39, 0.29) is 11.9 Å². The quantitative estimate of drug-likeness (QED) is 0.428. The lowest BCUT2D eigenvalue weighted by Gasteiger charge is -2.18. The molecule has 0 bridgehead atoms. The van der Waals surface area contributed by atoms with Crippen molar-refractivity contribution in [1.29, 1.82) is 0 Å². The topological polar surface area (TPSA) is 48.3 Å². The van der Waals surface area contributed by atoms with Crippen molar-refractivity contribution in [3.8, 4) is 11.4 Å². The van der Waals surface area contributed by atoms with Crippen molar-refractivity contribution >= 4 is 16.7 Å². The molecular weight excluding hydrogens is 417 g/mol. The molecule has 2 aliphatic rings. The minimum atomic E-state index is -0.283. The Morgan fingerprint density at radius 2 is 2.12 bits per heavy atom. The first-order valence-corrected chi connectivity index (χ1v) is 11.3. The van der Waals surface area contributed by atoms with E-state index in [0.717, 1.165) is 59.0 Å². The third-order valence-corrected chi connectivity index (χ3v) is 6.47. The van der Waals surface area contributed by atoms with Gasteiger partial charge in [-0.2, -0.15) is 0 Å². The molecule has 3 aromatic carbocycles. The molecule has 33 heavy (non-hydrogen) atoms. The van der Waals surface area contributed by atoms with E-state index in [1.165, 1.54) is 17.7 Å². The second kappa shape index (κ2) is 8.19. The normalized spacial score (nSPS) is 17.3. The van der Waals surface area contributed by atoms with Gasteiger partial charge in [-0.15, -0.1) is 0 Å². The largest absolute Gasteiger partial charge is 0.492 e. The van der Waals surface area contributed by atoms with Gasteiger partial charge in [-0.3, -0.25) is 4.57 Å². The molecule has 6 heteroatoms. The highest BCUT2D eigenvalue weighted by Gasteiger charge is 2.26. The molecule has 5 nitrogen and oxygen atoms in total. The van der Waals surface area contributed by atoms with E-state index >= 15 is 0 Å². The smallest absolute Gasteiger partial charge is 0.143 e. The average molecular weight is 442 g/mol. The van der Waals surface area contributed by atoms with Crippen LogP contribution in [0.15, 0.2) is 54.6 Å². The molecule has 0 spiro atoms. The van der Waals surface area contributed by atoms with Crippen LogP contribution in [0.25, 0.3) is 16.7 Å². The fourth-order valence-electron chi connectivity index (χ4n) is 4.71. The SMILES string of the molecule is Cc1c(CNc2ccc3c(c2)OC[C]3)cccc1-n1c([C@H]2CCCO2)nc2cc(F)ccc21. The molecule has 1 fully saturated rings. The zero-order chi connectivity index (χ0) is 22.4. The summed E-state index contributed by atoms with van der Waals surface area (Å²) in [6.45, 7) is 4.03. The van der Waals surface area contributed by atoms with Crippen LogP contribution in [-0.4, -0.2) is 22.8 Å². The molecule has 2 radical (unpaired) electrons. The maximum absolute atomic E-state index is 13.9. The Labute approximate surface area is 192 Å². The standard InChI is InChI=1S/C27H24FN3O2/c1-17-19(16-29-21-9-7-18-11-13-33-26(18)15-21)4-2-5-23(17)31-24-10-8-20(28)14-22(24)30-27(31)25-6-3-12-32-25/h2,4-5,7-10,14-15,25,29H,3,6,12-13,16H2,1H3/t25-/m1/s1. The third kappa shape index (κ3) is 3.64. The third-order valence-electron chi connectivity index (χ3n) is 6.47. The van der Waals surface area contributed by atoms with Gasteiger partial charge in [0.15, 0.2) is 0 Å². The number of hydrogen-bond acceptors (Lipinski definition) is 4. The molecule has 4 aromatic rings. The van der Waals surface area contributed by atoms with E-state index in [2.05, 4.69) is 41.4 Å². The Morgan fingerprint density at radius 3 is 3.00 bits per heavy atom. The summed E-state index contributed by atoms with van der Waals surface area (Å²) in [6, 6.07) is 17.2. The Hall–Kier alpha value is -3.38. The van der Waals surface area contributed by atoms with Crippen LogP contribution < -0.4 is 10.1 Å². The van der Waals surface area contributed by atoms with Crippen molar-refractivity contribution in [2.24, 2.45) is 0 Å². The minimum absolute atomic E-state index is 0.0818. The average Bonchev–Trinajstić information content (AvgIpc) is 3.57. The number of aromatic nitrogens is 2. The molecule has 0 aliphatic carbocycles. The summed E-state index contributed by atoms with van der Waals surface area (Å²) in [6.07, 6.45) is 5.03. The predicted molar refractivity (Wildman–Crippen MR) is 125 cm³/mol. The lowest BCUT2D eigenvalue weighted by molar-refractivity contribution is 0.104. The number of rotatable bonds is 5. The zero-order valence-electron chi connectivity index (χ0n) is 18.4. The summed E-state index contributed by atoms with van der Waals surface area (Å²) in [5.74, 6) is 1.42. The molecule has 0 unspecified atom stereocenters. The van der Waals surface area contributed by atoms with E-state index in [1.807, 2.05) is 18.2 Å². The molecule has 1 saturated heterocycles. The monoisotopic (exact) mass is 441 g/mol. The second-order valence-corrected chi connectivity index (χ2v) is 8.53. The summed E-state index contributed by atoms with van der Waals surface area (Å²) >= 11 is 0. The molecule has 0 amide bonds. The van der Waals surface area contributed by atoms with Gasteiger partial charge in [0, 0.05) is 36.5 Å². The summed E-state index contributed by atoms with van der Waals surface area (Å²) in [5, 5.41) is 3.51. The molecule has 2 aliphatic heterocycles. The number of hydrogen-bond donors (Lipinski definition) is 1. The van der Waals surface area contributed by atoms with Gasteiger partial charge in [0.2, 0.25) is 0 Å². The maximum atomic E-state index is 13.9. The van der Waals surface area contributed by atoms with Crippen LogP contribution in [-0.2, 0) is 11.3 Å². The highest BCUT2D eigenvalue weighted by molar-refractivity contribution is 5.79. The first-order chi connectivity index (χ1) is 16.2. The minimum Gasteiger partial charge on any atom is -0.492 e. The number of benzene rings is 3. The highest BCUT2D eigenvalue weighted by Crippen LogP contribution is 2.35. The van der Waals surface area contributed by atoms with Crippen molar-refractivity contribution in [3.63, 3.8) is 0 Å². The molecule has 166 valence electrons. The fraction of sp³-hybridized carbons (Fsp3) is 0.259. The molecule has 1 atom stereocenters. The first-order valence-electron chi connectivity index (χ1n) is 11.3. The highest BCUT2D eigenvalue weighted by atomic mass is 19.1. The van der Waals surface area contributed by atoms with Gasteiger partial charge < -0.3 is 14.8 Å². The number of imidazole rings is 1. The van der Waals surface area contributed by atoms with Gasteiger partial charge >= 0.3 is 0 Å². The van der Waals surface area contributed by atoms with Crippen molar-refractivity contribution in [3.05, 3.63) is 89.4 Å². The van der Waals surface area contributed by atoms with Crippen LogP contribution in [0.3, 0.4) is 0 Å². The van der Waals surface area contributed by atoms with Crippen LogP contribution in [0.2, 0.25) is 0 Å². The lowest BCUT2D eigenvalue weighted by Crippen LogP contribution is -2.10. The van der Waals surface area contributed by atoms with E-state index in [0.29, 0.717) is 18.7 Å². The van der Waals surface area contributed by atoms with Crippen molar-refractivity contribution < 1.29 is 13.9 Å². The van der Waals surface area contributed by atoms with E-state index in [1.54, 1.807) is 6.07 Å². The fourth-order valence-corrected chi connectivity index (χ4v) is 4.71. The van der Waals surface area contributed by atoms with E-state index < -0.39 is 0 Å². The van der Waals surface area contributed by atoms with Gasteiger partial charge in [0.05, 0.1) is 23.1 Å². The van der Waals surface area contributed by atoms with Crippen molar-refractivity contribution in [2.45, 2.75) is 32.4 Å². The number of anilines is 1. The number of nitrogens with zero attached hydrogens (tertiary/aromatic N) is 2. The van der Waals surface area contributed by atoms with Crippen LogP contribution in [0.4, 0.5) is 10.1 Å². The Kier molecular flexibility index (Phi) is 5.03. The number of fused-ring (bicyclic) bond motifs is 2. The van der Waals surface area contributed by atoms with Gasteiger partial charge in [-0.25, -0.2) is 9.37 Å². The first kappa shape index (κ1) is 20.2. The van der Waals surface area contributed by atoms with Crippen LogP contribution in [0.5, 0.6) is 5.75 Å². The Morgan fingerprint density at radius 1 is 1.18 bits per heavy atom. The van der Waals surface area contributed by atoms with E-state index in [4.69, 9.17) is 14.5 Å². The van der Waals surface area contributed by atoms with Crippen LogP contribution >= 0.6 is 0 Å². The van der Waals surface area contributed by atoms with Gasteiger partial charge in [-0.05, 0) is 55.2 Å². The second-order valence-electron chi connectivity index (χ2n) is 8.53. The Bertz CT molecular complexity index is 1340. The van der Waals surface area contributed by atoms with E-state index in [9.17, 15) is 4.39 Å². The number of halogens is 1. The summed E-state index contributed by atoms with van der Waals surface area (Å²) in [4.78, 5) is 4.79. The maximum Gasteiger partial charge on any atom is 0.143 e. The van der Waals surface area contributed by atoms with Crippen molar-refractivity contribution in [1.82, 2.24) is 9.55 Å². The number of ether oxygens (including phenoxy) is 2. The molecule has 3 heterocycles. The summed E-state index contributed by atoms with van der Waals surface area (Å²) < 4.78 is 27.6. The molecule has 1 aromatic heterocycles. The van der Waals surface area contributed by atoms with Crippen LogP contribution in [0, 0.1) is 19.2 Å².